The molecule has 0 bridgehead atoms. The predicted octanol–water partition coefficient (Wildman–Crippen LogP) is 4.18. The standard InChI is InChI=1S/C19H18ClNO4/c1-3-25-19(23)14-11-15(20)16(12-17(14)24-2)21-18(22)10-9-13-7-5-4-6-8-13/h4-12H,3H2,1-2H3,(H,21,22)/b10-9+. The van der Waals surface area contributed by atoms with E-state index in [0.717, 1.165) is 5.56 Å². The summed E-state index contributed by atoms with van der Waals surface area (Å²) in [6, 6.07) is 12.3. The van der Waals surface area contributed by atoms with Gasteiger partial charge in [-0.2, -0.15) is 0 Å². The van der Waals surface area contributed by atoms with Crippen molar-refractivity contribution in [3.63, 3.8) is 0 Å². The highest BCUT2D eigenvalue weighted by Crippen LogP contribution is 2.31. The zero-order chi connectivity index (χ0) is 18.2. The Kier molecular flexibility index (Phi) is 6.60. The smallest absolute Gasteiger partial charge is 0.341 e. The molecule has 0 saturated carbocycles. The number of hydrogen-bond donors (Lipinski definition) is 1. The quantitative estimate of drug-likeness (QED) is 0.620. The molecule has 5 nitrogen and oxygen atoms in total. The summed E-state index contributed by atoms with van der Waals surface area (Å²) in [5.74, 6) is -0.620. The Morgan fingerprint density at radius 1 is 1.20 bits per heavy atom. The SMILES string of the molecule is CCOC(=O)c1cc(Cl)c(NC(=O)/C=C/c2ccccc2)cc1OC. The highest BCUT2D eigenvalue weighted by atomic mass is 35.5. The van der Waals surface area contributed by atoms with Gasteiger partial charge in [0.1, 0.15) is 11.3 Å². The molecule has 1 N–H and O–H groups in total. The van der Waals surface area contributed by atoms with E-state index in [-0.39, 0.29) is 28.8 Å². The topological polar surface area (TPSA) is 64.6 Å². The molecule has 0 aliphatic heterocycles. The van der Waals surface area contributed by atoms with Crippen molar-refractivity contribution in [3.8, 4) is 5.75 Å². The molecule has 0 spiro atoms. The van der Waals surface area contributed by atoms with Gasteiger partial charge in [-0.15, -0.1) is 0 Å². The van der Waals surface area contributed by atoms with Crippen LogP contribution in [-0.2, 0) is 9.53 Å². The van der Waals surface area contributed by atoms with Gasteiger partial charge in [0.2, 0.25) is 5.91 Å². The van der Waals surface area contributed by atoms with Crippen LogP contribution in [0.15, 0.2) is 48.5 Å². The number of benzene rings is 2. The van der Waals surface area contributed by atoms with Crippen LogP contribution in [0, 0.1) is 0 Å². The molecular weight excluding hydrogens is 342 g/mol. The Bertz CT molecular complexity index is 788. The number of hydrogen-bond acceptors (Lipinski definition) is 4. The van der Waals surface area contributed by atoms with Crippen LogP contribution in [-0.4, -0.2) is 25.6 Å². The molecule has 0 aromatic heterocycles. The number of esters is 1. The molecular formula is C19H18ClNO4. The highest BCUT2D eigenvalue weighted by molar-refractivity contribution is 6.34. The number of rotatable bonds is 6. The lowest BCUT2D eigenvalue weighted by molar-refractivity contribution is -0.111. The van der Waals surface area contributed by atoms with Crippen LogP contribution < -0.4 is 10.1 Å². The molecule has 0 fully saturated rings. The molecule has 0 aliphatic rings. The van der Waals surface area contributed by atoms with Crippen LogP contribution in [0.4, 0.5) is 5.69 Å². The molecule has 25 heavy (non-hydrogen) atoms. The number of carbonyl (C=O) groups excluding carboxylic acids is 2. The molecule has 0 saturated heterocycles. The van der Waals surface area contributed by atoms with Gasteiger partial charge in [-0.05, 0) is 24.6 Å². The third-order valence-electron chi connectivity index (χ3n) is 3.27. The normalized spacial score (nSPS) is 10.5. The summed E-state index contributed by atoms with van der Waals surface area (Å²) in [6.45, 7) is 1.95. The number of amides is 1. The number of methoxy groups -OCH3 is 1. The van der Waals surface area contributed by atoms with E-state index >= 15 is 0 Å². The summed E-state index contributed by atoms with van der Waals surface area (Å²) in [6.07, 6.45) is 3.09. The van der Waals surface area contributed by atoms with Crippen molar-refractivity contribution in [1.29, 1.82) is 0 Å². The molecule has 0 heterocycles. The third kappa shape index (κ3) is 5.09. The Hall–Kier alpha value is -2.79. The minimum Gasteiger partial charge on any atom is -0.496 e. The maximum Gasteiger partial charge on any atom is 0.341 e. The minimum absolute atomic E-state index is 0.201. The number of anilines is 1. The first-order chi connectivity index (χ1) is 12.0. The second kappa shape index (κ2) is 8.89. The maximum atomic E-state index is 12.1. The maximum absolute atomic E-state index is 12.1. The van der Waals surface area contributed by atoms with Crippen molar-refractivity contribution in [2.45, 2.75) is 6.92 Å². The lowest BCUT2D eigenvalue weighted by Crippen LogP contribution is -2.11. The Balaban J connectivity index is 2.17. The summed E-state index contributed by atoms with van der Waals surface area (Å²) in [7, 11) is 1.42. The van der Waals surface area contributed by atoms with Gasteiger partial charge >= 0.3 is 5.97 Å². The highest BCUT2D eigenvalue weighted by Gasteiger charge is 2.17. The summed E-state index contributed by atoms with van der Waals surface area (Å²) in [5.41, 5.74) is 1.44. The number of nitrogens with one attached hydrogen (secondary N) is 1. The number of ether oxygens (including phenoxy) is 2. The second-order valence-corrected chi connectivity index (χ2v) is 5.39. The fourth-order valence-corrected chi connectivity index (χ4v) is 2.31. The van der Waals surface area contributed by atoms with Gasteiger partial charge in [0, 0.05) is 12.1 Å². The van der Waals surface area contributed by atoms with E-state index in [2.05, 4.69) is 5.32 Å². The Morgan fingerprint density at radius 3 is 2.56 bits per heavy atom. The van der Waals surface area contributed by atoms with Crippen molar-refractivity contribution >= 4 is 35.2 Å². The van der Waals surface area contributed by atoms with Gasteiger partial charge in [-0.1, -0.05) is 41.9 Å². The first-order valence-corrected chi connectivity index (χ1v) is 8.01. The molecule has 0 radical (unpaired) electrons. The number of carbonyl (C=O) groups is 2. The van der Waals surface area contributed by atoms with Crippen LogP contribution in [0.2, 0.25) is 5.02 Å². The van der Waals surface area contributed by atoms with Crippen LogP contribution in [0.1, 0.15) is 22.8 Å². The monoisotopic (exact) mass is 359 g/mol. The Labute approximate surface area is 151 Å². The van der Waals surface area contributed by atoms with E-state index in [9.17, 15) is 9.59 Å². The van der Waals surface area contributed by atoms with Gasteiger partial charge in [-0.3, -0.25) is 4.79 Å². The molecule has 0 atom stereocenters. The van der Waals surface area contributed by atoms with E-state index in [1.54, 1.807) is 13.0 Å². The van der Waals surface area contributed by atoms with Gasteiger partial charge in [0.15, 0.2) is 0 Å². The lowest BCUT2D eigenvalue weighted by atomic mass is 10.1. The van der Waals surface area contributed by atoms with E-state index in [1.165, 1.54) is 25.3 Å². The molecule has 6 heteroatoms. The molecule has 2 rings (SSSR count). The van der Waals surface area contributed by atoms with Crippen molar-refractivity contribution < 1.29 is 19.1 Å². The third-order valence-corrected chi connectivity index (χ3v) is 3.58. The average molecular weight is 360 g/mol. The first-order valence-electron chi connectivity index (χ1n) is 7.64. The fourth-order valence-electron chi connectivity index (χ4n) is 2.10. The lowest BCUT2D eigenvalue weighted by Gasteiger charge is -2.12. The van der Waals surface area contributed by atoms with E-state index in [0.29, 0.717) is 5.69 Å². The van der Waals surface area contributed by atoms with Gasteiger partial charge < -0.3 is 14.8 Å². The molecule has 2 aromatic carbocycles. The fraction of sp³-hybridized carbons (Fsp3) is 0.158. The summed E-state index contributed by atoms with van der Waals surface area (Å²) in [5, 5.41) is 2.88. The molecule has 1 amide bonds. The molecule has 0 aliphatic carbocycles. The zero-order valence-electron chi connectivity index (χ0n) is 13.9. The van der Waals surface area contributed by atoms with Gasteiger partial charge in [0.25, 0.3) is 0 Å². The van der Waals surface area contributed by atoms with Gasteiger partial charge in [0.05, 0.1) is 24.4 Å². The first kappa shape index (κ1) is 18.5. The van der Waals surface area contributed by atoms with E-state index < -0.39 is 5.97 Å². The zero-order valence-corrected chi connectivity index (χ0v) is 14.7. The van der Waals surface area contributed by atoms with Crippen molar-refractivity contribution in [3.05, 3.63) is 64.7 Å². The van der Waals surface area contributed by atoms with Crippen molar-refractivity contribution in [2.24, 2.45) is 0 Å². The predicted molar refractivity (Wildman–Crippen MR) is 98.1 cm³/mol. The second-order valence-electron chi connectivity index (χ2n) is 4.99. The van der Waals surface area contributed by atoms with Crippen molar-refractivity contribution in [1.82, 2.24) is 0 Å². The molecule has 130 valence electrons. The van der Waals surface area contributed by atoms with E-state index in [4.69, 9.17) is 21.1 Å². The van der Waals surface area contributed by atoms with Crippen LogP contribution in [0.25, 0.3) is 6.08 Å². The van der Waals surface area contributed by atoms with Crippen LogP contribution in [0.5, 0.6) is 5.75 Å². The number of halogens is 1. The van der Waals surface area contributed by atoms with Crippen LogP contribution >= 0.6 is 11.6 Å². The van der Waals surface area contributed by atoms with Crippen LogP contribution in [0.3, 0.4) is 0 Å². The van der Waals surface area contributed by atoms with E-state index in [1.807, 2.05) is 30.3 Å². The summed E-state index contributed by atoms with van der Waals surface area (Å²) < 4.78 is 10.1. The minimum atomic E-state index is -0.539. The van der Waals surface area contributed by atoms with Gasteiger partial charge in [-0.25, -0.2) is 4.79 Å². The summed E-state index contributed by atoms with van der Waals surface area (Å²) >= 11 is 6.16. The largest absolute Gasteiger partial charge is 0.496 e. The summed E-state index contributed by atoms with van der Waals surface area (Å²) in [4.78, 5) is 24.0. The average Bonchev–Trinajstić information content (AvgIpc) is 2.62. The van der Waals surface area contributed by atoms with Crippen molar-refractivity contribution in [2.75, 3.05) is 19.0 Å². The molecule has 2 aromatic rings. The molecule has 0 unspecified atom stereocenters. The Morgan fingerprint density at radius 2 is 1.92 bits per heavy atom.